The quantitative estimate of drug-likeness (QED) is 0.711. The number of halogens is 3. The molecule has 2 rings (SSSR count). The monoisotopic (exact) mass is 394 g/mol. The fourth-order valence-corrected chi connectivity index (χ4v) is 2.18. The van der Waals surface area contributed by atoms with Crippen molar-refractivity contribution in [2.75, 3.05) is 11.9 Å². The van der Waals surface area contributed by atoms with E-state index in [1.807, 2.05) is 12.3 Å². The zero-order valence-corrected chi connectivity index (χ0v) is 14.7. The van der Waals surface area contributed by atoms with Crippen LogP contribution >= 0.6 is 11.3 Å². The van der Waals surface area contributed by atoms with Crippen LogP contribution in [0.1, 0.15) is 18.4 Å². The first-order valence-corrected chi connectivity index (χ1v) is 8.19. The fraction of sp³-hybridized carbons (Fsp3) is 0.462. The zero-order valence-electron chi connectivity index (χ0n) is 13.9. The van der Waals surface area contributed by atoms with Crippen molar-refractivity contribution in [2.24, 2.45) is 7.05 Å². The van der Waals surface area contributed by atoms with Gasteiger partial charge in [0.2, 0.25) is 5.95 Å². The smallest absolute Gasteiger partial charge is 0.475 e. The van der Waals surface area contributed by atoms with Gasteiger partial charge in [-0.2, -0.15) is 18.2 Å². The summed E-state index contributed by atoms with van der Waals surface area (Å²) in [5, 5.41) is 18.5. The van der Waals surface area contributed by atoms with Crippen molar-refractivity contribution in [3.05, 3.63) is 22.4 Å². The Morgan fingerprint density at radius 2 is 2.04 bits per heavy atom. The Morgan fingerprint density at radius 3 is 2.50 bits per heavy atom. The van der Waals surface area contributed by atoms with E-state index >= 15 is 0 Å². The minimum absolute atomic E-state index is 0.302. The number of thiazole rings is 1. The van der Waals surface area contributed by atoms with Crippen LogP contribution in [0.5, 0.6) is 0 Å². The predicted octanol–water partition coefficient (Wildman–Crippen LogP) is 1.83. The molecule has 0 aromatic carbocycles. The number of aliphatic carboxylic acids is 1. The molecule has 144 valence electrons. The van der Waals surface area contributed by atoms with Gasteiger partial charge < -0.3 is 10.4 Å². The van der Waals surface area contributed by atoms with Gasteiger partial charge in [-0.3, -0.25) is 10.00 Å². The summed E-state index contributed by atoms with van der Waals surface area (Å²) in [6, 6.07) is -0.302. The number of carbonyl (C=O) groups is 2. The molecule has 13 heteroatoms. The second-order valence-electron chi connectivity index (χ2n) is 4.74. The molecule has 0 aliphatic rings. The normalized spacial score (nSPS) is 10.7. The fourth-order valence-electron chi connectivity index (χ4n) is 1.59. The van der Waals surface area contributed by atoms with Crippen molar-refractivity contribution in [1.29, 1.82) is 0 Å². The van der Waals surface area contributed by atoms with Crippen LogP contribution in [0, 0.1) is 0 Å². The molecule has 0 radical (unpaired) electrons. The molecule has 0 spiro atoms. The topological polar surface area (TPSA) is 122 Å². The van der Waals surface area contributed by atoms with E-state index in [0.29, 0.717) is 18.9 Å². The van der Waals surface area contributed by atoms with Gasteiger partial charge in [0.1, 0.15) is 5.82 Å². The van der Waals surface area contributed by atoms with E-state index < -0.39 is 12.1 Å². The van der Waals surface area contributed by atoms with Crippen LogP contribution < -0.4 is 10.6 Å². The maximum absolute atomic E-state index is 11.6. The molecule has 0 saturated carbocycles. The molecule has 2 amide bonds. The van der Waals surface area contributed by atoms with Gasteiger partial charge in [-0.15, -0.1) is 16.4 Å². The van der Waals surface area contributed by atoms with Crippen molar-refractivity contribution in [3.63, 3.8) is 0 Å². The average Bonchev–Trinajstić information content (AvgIpc) is 3.16. The minimum atomic E-state index is -5.08. The van der Waals surface area contributed by atoms with Crippen LogP contribution in [0.2, 0.25) is 0 Å². The van der Waals surface area contributed by atoms with Gasteiger partial charge in [-0.1, -0.05) is 6.92 Å². The van der Waals surface area contributed by atoms with Crippen molar-refractivity contribution in [2.45, 2.75) is 25.9 Å². The molecule has 0 bridgehead atoms. The number of amides is 2. The molecule has 3 N–H and O–H groups in total. The summed E-state index contributed by atoms with van der Waals surface area (Å²) in [6.45, 7) is 2.52. The Balaban J connectivity index is 0.000000412. The lowest BCUT2D eigenvalue weighted by Crippen LogP contribution is -2.30. The predicted molar refractivity (Wildman–Crippen MR) is 86.9 cm³/mol. The van der Waals surface area contributed by atoms with Gasteiger partial charge in [-0.25, -0.2) is 14.6 Å². The highest BCUT2D eigenvalue weighted by Crippen LogP contribution is 2.13. The molecule has 9 nitrogen and oxygen atoms in total. The van der Waals surface area contributed by atoms with Gasteiger partial charge in [0, 0.05) is 31.8 Å². The van der Waals surface area contributed by atoms with Crippen LogP contribution in [-0.4, -0.2) is 49.6 Å². The highest BCUT2D eigenvalue weighted by atomic mass is 32.1. The maximum Gasteiger partial charge on any atom is 0.490 e. The number of anilines is 1. The Labute approximate surface area is 150 Å². The first-order chi connectivity index (χ1) is 12.1. The van der Waals surface area contributed by atoms with Crippen molar-refractivity contribution in [1.82, 2.24) is 25.1 Å². The zero-order chi connectivity index (χ0) is 19.7. The molecule has 2 heterocycles. The van der Waals surface area contributed by atoms with Crippen LogP contribution in [-0.2, 0) is 24.7 Å². The number of nitrogens with zero attached hydrogens (tertiary/aromatic N) is 4. The molecule has 2 aromatic heterocycles. The van der Waals surface area contributed by atoms with E-state index in [4.69, 9.17) is 9.90 Å². The number of nitrogens with one attached hydrogen (secondary N) is 2. The summed E-state index contributed by atoms with van der Waals surface area (Å²) >= 11 is 1.55. The number of carboxylic acid groups (broad SMARTS) is 1. The molecule has 0 atom stereocenters. The van der Waals surface area contributed by atoms with Crippen LogP contribution in [0.4, 0.5) is 23.9 Å². The first-order valence-electron chi connectivity index (χ1n) is 7.25. The third-order valence-electron chi connectivity index (χ3n) is 2.79. The highest BCUT2D eigenvalue weighted by Gasteiger charge is 2.38. The van der Waals surface area contributed by atoms with Crippen LogP contribution in [0.15, 0.2) is 10.9 Å². The lowest BCUT2D eigenvalue weighted by Gasteiger charge is -2.03. The van der Waals surface area contributed by atoms with Gasteiger partial charge in [0.25, 0.3) is 0 Å². The number of aryl methyl sites for hydroxylation is 2. The number of urea groups is 1. The van der Waals surface area contributed by atoms with Gasteiger partial charge in [0.15, 0.2) is 0 Å². The molecule has 0 unspecified atom stereocenters. The lowest BCUT2D eigenvalue weighted by molar-refractivity contribution is -0.192. The largest absolute Gasteiger partial charge is 0.490 e. The van der Waals surface area contributed by atoms with Gasteiger partial charge >= 0.3 is 18.2 Å². The van der Waals surface area contributed by atoms with E-state index in [-0.39, 0.29) is 6.03 Å². The average molecular weight is 394 g/mol. The molecular weight excluding hydrogens is 377 g/mol. The first kappa shape index (κ1) is 21.3. The van der Waals surface area contributed by atoms with Crippen LogP contribution in [0.3, 0.4) is 0 Å². The number of carbonyl (C=O) groups excluding carboxylic acids is 1. The molecular formula is C13H17F3N6O3S. The molecule has 0 aliphatic carbocycles. The Bertz CT molecular complexity index is 717. The van der Waals surface area contributed by atoms with E-state index in [9.17, 15) is 18.0 Å². The van der Waals surface area contributed by atoms with E-state index in [1.165, 1.54) is 0 Å². The summed E-state index contributed by atoms with van der Waals surface area (Å²) < 4.78 is 33.4. The Hall–Kier alpha value is -2.70. The minimum Gasteiger partial charge on any atom is -0.475 e. The molecule has 0 fully saturated rings. The van der Waals surface area contributed by atoms with Crippen molar-refractivity contribution in [3.8, 4) is 0 Å². The van der Waals surface area contributed by atoms with Gasteiger partial charge in [-0.05, 0) is 0 Å². The van der Waals surface area contributed by atoms with Crippen molar-refractivity contribution >= 4 is 29.3 Å². The summed E-state index contributed by atoms with van der Waals surface area (Å²) in [6.07, 6.45) is -3.59. The number of hydrogen-bond acceptors (Lipinski definition) is 6. The molecule has 26 heavy (non-hydrogen) atoms. The van der Waals surface area contributed by atoms with E-state index in [2.05, 4.69) is 25.7 Å². The third-order valence-corrected chi connectivity index (χ3v) is 3.42. The highest BCUT2D eigenvalue weighted by molar-refractivity contribution is 7.07. The summed E-state index contributed by atoms with van der Waals surface area (Å²) in [7, 11) is 1.80. The summed E-state index contributed by atoms with van der Waals surface area (Å²) in [4.78, 5) is 28.9. The number of rotatable bonds is 5. The van der Waals surface area contributed by atoms with Crippen LogP contribution in [0.25, 0.3) is 0 Å². The van der Waals surface area contributed by atoms with E-state index in [1.54, 1.807) is 28.6 Å². The standard InChI is InChI=1S/C11H16N6OS.C2HF3O2/c1-3-9-14-10(16-17(9)2)15-11(18)12-5-4-8-6-19-7-13-8;3-2(4,5)1(6)7/h6-7H,3-5H2,1-2H3,(H2,12,15,16,18);(H,6,7). The van der Waals surface area contributed by atoms with E-state index in [0.717, 1.165) is 17.9 Å². The molecule has 0 saturated heterocycles. The number of hydrogen-bond donors (Lipinski definition) is 3. The summed E-state index contributed by atoms with van der Waals surface area (Å²) in [5.74, 6) is -1.60. The lowest BCUT2D eigenvalue weighted by atomic mass is 10.3. The number of carboxylic acids is 1. The Morgan fingerprint density at radius 1 is 1.38 bits per heavy atom. The SMILES string of the molecule is CCc1nc(NC(=O)NCCc2cscn2)nn1C.O=C(O)C(F)(F)F. The maximum atomic E-state index is 11.6. The Kier molecular flexibility index (Phi) is 7.96. The second kappa shape index (κ2) is 9.70. The summed E-state index contributed by atoms with van der Waals surface area (Å²) in [5.41, 5.74) is 2.76. The van der Waals surface area contributed by atoms with Gasteiger partial charge in [0.05, 0.1) is 11.2 Å². The molecule has 0 aliphatic heterocycles. The molecule has 2 aromatic rings. The van der Waals surface area contributed by atoms with Crippen molar-refractivity contribution < 1.29 is 27.9 Å². The number of alkyl halides is 3. The third kappa shape index (κ3) is 7.46. The second-order valence-corrected chi connectivity index (χ2v) is 5.46. The number of aromatic nitrogens is 4.